The molecule has 0 aliphatic carbocycles. The lowest BCUT2D eigenvalue weighted by molar-refractivity contribution is 0.244. The number of rotatable bonds is 8. The summed E-state index contributed by atoms with van der Waals surface area (Å²) in [6.45, 7) is 0.668. The van der Waals surface area contributed by atoms with E-state index < -0.39 is 0 Å². The number of ether oxygens (including phenoxy) is 1. The van der Waals surface area contributed by atoms with E-state index in [1.165, 1.54) is 5.56 Å². The number of hydrogen-bond donors (Lipinski definition) is 2. The Bertz CT molecular complexity index is 654. The molecule has 2 aromatic rings. The molecule has 4 nitrogen and oxygen atoms in total. The third-order valence-electron chi connectivity index (χ3n) is 3.64. The first-order valence-corrected chi connectivity index (χ1v) is 8.17. The van der Waals surface area contributed by atoms with Crippen LogP contribution in [0.1, 0.15) is 24.0 Å². The van der Waals surface area contributed by atoms with Crippen LogP contribution in [0, 0.1) is 0 Å². The van der Waals surface area contributed by atoms with Crippen LogP contribution in [0.2, 0.25) is 0 Å². The van der Waals surface area contributed by atoms with Gasteiger partial charge in [-0.2, -0.15) is 0 Å². The van der Waals surface area contributed by atoms with Gasteiger partial charge in [-0.15, -0.1) is 0 Å². The van der Waals surface area contributed by atoms with Crippen LogP contribution >= 0.6 is 0 Å². The van der Waals surface area contributed by atoms with Crippen molar-refractivity contribution < 1.29 is 9.53 Å². The van der Waals surface area contributed by atoms with Crippen molar-refractivity contribution >= 4 is 12.1 Å². The molecule has 4 heteroatoms. The number of urea groups is 1. The topological polar surface area (TPSA) is 50.4 Å². The number of benzene rings is 2. The SMILES string of the molecule is COc1ccccc1/C=C/NC(=O)NCCCCc1ccccc1. The summed E-state index contributed by atoms with van der Waals surface area (Å²) in [5.74, 6) is 0.775. The standard InChI is InChI=1S/C20H24N2O2/c1-24-19-13-6-5-12-18(19)14-16-22-20(23)21-15-8-7-11-17-9-3-2-4-10-17/h2-6,9-10,12-14,16H,7-8,11,15H2,1H3,(H2,21,22,23)/b16-14+. The number of hydrogen-bond acceptors (Lipinski definition) is 2. The van der Waals surface area contributed by atoms with Gasteiger partial charge in [0.15, 0.2) is 0 Å². The van der Waals surface area contributed by atoms with Gasteiger partial charge in [0.25, 0.3) is 0 Å². The number of aryl methyl sites for hydroxylation is 1. The first-order valence-electron chi connectivity index (χ1n) is 8.17. The highest BCUT2D eigenvalue weighted by atomic mass is 16.5. The van der Waals surface area contributed by atoms with Crippen LogP contribution in [0.4, 0.5) is 4.79 Å². The fourth-order valence-corrected chi connectivity index (χ4v) is 2.36. The Kier molecular flexibility index (Phi) is 7.41. The fraction of sp³-hybridized carbons (Fsp3) is 0.250. The predicted octanol–water partition coefficient (Wildman–Crippen LogP) is 3.99. The van der Waals surface area contributed by atoms with Crippen LogP contribution in [0.5, 0.6) is 5.75 Å². The van der Waals surface area contributed by atoms with E-state index in [-0.39, 0.29) is 6.03 Å². The lowest BCUT2D eigenvalue weighted by Crippen LogP contribution is -2.32. The minimum atomic E-state index is -0.194. The molecule has 2 rings (SSSR count). The van der Waals surface area contributed by atoms with Crippen LogP contribution in [0.3, 0.4) is 0 Å². The molecule has 0 saturated heterocycles. The van der Waals surface area contributed by atoms with Gasteiger partial charge < -0.3 is 15.4 Å². The molecular formula is C20H24N2O2. The van der Waals surface area contributed by atoms with E-state index in [0.717, 1.165) is 30.6 Å². The quantitative estimate of drug-likeness (QED) is 0.721. The zero-order chi connectivity index (χ0) is 17.0. The summed E-state index contributed by atoms with van der Waals surface area (Å²) in [6.07, 6.45) is 6.49. The van der Waals surface area contributed by atoms with Crippen molar-refractivity contribution in [2.24, 2.45) is 0 Å². The lowest BCUT2D eigenvalue weighted by Gasteiger charge is -2.06. The molecule has 0 aliphatic heterocycles. The van der Waals surface area contributed by atoms with E-state index in [4.69, 9.17) is 4.74 Å². The van der Waals surface area contributed by atoms with Crippen molar-refractivity contribution in [3.05, 3.63) is 71.9 Å². The lowest BCUT2D eigenvalue weighted by atomic mass is 10.1. The highest BCUT2D eigenvalue weighted by Crippen LogP contribution is 2.18. The van der Waals surface area contributed by atoms with Gasteiger partial charge in [-0.25, -0.2) is 4.79 Å². The Balaban J connectivity index is 1.62. The van der Waals surface area contributed by atoms with Crippen LogP contribution in [-0.2, 0) is 6.42 Å². The Morgan fingerprint density at radius 1 is 1.04 bits per heavy atom. The molecule has 0 atom stereocenters. The summed E-state index contributed by atoms with van der Waals surface area (Å²) in [4.78, 5) is 11.7. The maximum atomic E-state index is 11.7. The van der Waals surface area contributed by atoms with E-state index in [1.807, 2.05) is 36.4 Å². The first kappa shape index (κ1) is 17.6. The summed E-state index contributed by atoms with van der Waals surface area (Å²) in [7, 11) is 1.63. The van der Waals surface area contributed by atoms with Gasteiger partial charge in [0.1, 0.15) is 5.75 Å². The number of unbranched alkanes of at least 4 members (excludes halogenated alkanes) is 1. The molecule has 0 radical (unpaired) electrons. The maximum Gasteiger partial charge on any atom is 0.318 e. The van der Waals surface area contributed by atoms with Gasteiger partial charge in [0, 0.05) is 18.3 Å². The molecule has 0 unspecified atom stereocenters. The first-order chi connectivity index (χ1) is 11.8. The molecule has 2 N–H and O–H groups in total. The Hall–Kier alpha value is -2.75. The zero-order valence-corrected chi connectivity index (χ0v) is 14.0. The van der Waals surface area contributed by atoms with Crippen LogP contribution in [0.25, 0.3) is 6.08 Å². The van der Waals surface area contributed by atoms with Gasteiger partial charge in [-0.05, 0) is 37.0 Å². The number of carbonyl (C=O) groups excluding carboxylic acids is 1. The molecule has 0 spiro atoms. The Morgan fingerprint density at radius 2 is 1.79 bits per heavy atom. The molecule has 2 aromatic carbocycles. The molecule has 0 saturated carbocycles. The molecule has 0 fully saturated rings. The van der Waals surface area contributed by atoms with Crippen molar-refractivity contribution in [1.82, 2.24) is 10.6 Å². The van der Waals surface area contributed by atoms with Crippen molar-refractivity contribution in [3.63, 3.8) is 0 Å². The molecular weight excluding hydrogens is 300 g/mol. The van der Waals surface area contributed by atoms with Crippen molar-refractivity contribution in [2.75, 3.05) is 13.7 Å². The number of carbonyl (C=O) groups is 1. The van der Waals surface area contributed by atoms with Gasteiger partial charge in [-0.1, -0.05) is 48.5 Å². The maximum absolute atomic E-state index is 11.7. The van der Waals surface area contributed by atoms with E-state index in [0.29, 0.717) is 6.54 Å². The van der Waals surface area contributed by atoms with E-state index in [2.05, 4.69) is 34.9 Å². The molecule has 2 amide bonds. The predicted molar refractivity (Wildman–Crippen MR) is 97.9 cm³/mol. The second-order valence-electron chi connectivity index (χ2n) is 5.42. The summed E-state index contributed by atoms with van der Waals surface area (Å²) >= 11 is 0. The summed E-state index contributed by atoms with van der Waals surface area (Å²) in [6, 6.07) is 17.8. The average Bonchev–Trinajstić information content (AvgIpc) is 2.63. The highest BCUT2D eigenvalue weighted by molar-refractivity contribution is 5.76. The number of nitrogens with one attached hydrogen (secondary N) is 2. The molecule has 126 valence electrons. The van der Waals surface area contributed by atoms with Crippen molar-refractivity contribution in [1.29, 1.82) is 0 Å². The second-order valence-corrected chi connectivity index (χ2v) is 5.42. The van der Waals surface area contributed by atoms with E-state index in [9.17, 15) is 4.79 Å². The monoisotopic (exact) mass is 324 g/mol. The molecule has 0 bridgehead atoms. The van der Waals surface area contributed by atoms with Crippen molar-refractivity contribution in [2.45, 2.75) is 19.3 Å². The zero-order valence-electron chi connectivity index (χ0n) is 14.0. The van der Waals surface area contributed by atoms with Gasteiger partial charge in [-0.3, -0.25) is 0 Å². The van der Waals surface area contributed by atoms with Crippen LogP contribution in [-0.4, -0.2) is 19.7 Å². The summed E-state index contributed by atoms with van der Waals surface area (Å²) in [5.41, 5.74) is 2.25. The number of amides is 2. The van der Waals surface area contributed by atoms with Gasteiger partial charge >= 0.3 is 6.03 Å². The highest BCUT2D eigenvalue weighted by Gasteiger charge is 1.99. The van der Waals surface area contributed by atoms with E-state index >= 15 is 0 Å². The molecule has 24 heavy (non-hydrogen) atoms. The molecule has 0 heterocycles. The number of methoxy groups -OCH3 is 1. The number of para-hydroxylation sites is 1. The Morgan fingerprint density at radius 3 is 2.58 bits per heavy atom. The van der Waals surface area contributed by atoms with Crippen LogP contribution in [0.15, 0.2) is 60.8 Å². The van der Waals surface area contributed by atoms with Gasteiger partial charge in [0.05, 0.1) is 7.11 Å². The molecule has 0 aromatic heterocycles. The normalized spacial score (nSPS) is 10.5. The Labute approximate surface area is 143 Å². The third kappa shape index (κ3) is 6.16. The average molecular weight is 324 g/mol. The second kappa shape index (κ2) is 10.1. The minimum absolute atomic E-state index is 0.194. The largest absolute Gasteiger partial charge is 0.496 e. The molecule has 0 aliphatic rings. The summed E-state index contributed by atoms with van der Waals surface area (Å²) in [5, 5.41) is 5.56. The van der Waals surface area contributed by atoms with Gasteiger partial charge in [0.2, 0.25) is 0 Å². The fourth-order valence-electron chi connectivity index (χ4n) is 2.36. The summed E-state index contributed by atoms with van der Waals surface area (Å²) < 4.78 is 5.25. The van der Waals surface area contributed by atoms with E-state index in [1.54, 1.807) is 13.3 Å². The van der Waals surface area contributed by atoms with Crippen molar-refractivity contribution in [3.8, 4) is 5.75 Å². The third-order valence-corrected chi connectivity index (χ3v) is 3.64. The van der Waals surface area contributed by atoms with Crippen LogP contribution < -0.4 is 15.4 Å². The minimum Gasteiger partial charge on any atom is -0.496 e. The smallest absolute Gasteiger partial charge is 0.318 e.